The Labute approximate surface area is 114 Å². The fourth-order valence-electron chi connectivity index (χ4n) is 2.68. The number of hydrogen-bond acceptors (Lipinski definition) is 2. The second-order valence-corrected chi connectivity index (χ2v) is 5.52. The number of aromatic nitrogens is 2. The highest BCUT2D eigenvalue weighted by Crippen LogP contribution is 2.25. The quantitative estimate of drug-likeness (QED) is 0.865. The molecule has 3 heteroatoms. The predicted molar refractivity (Wildman–Crippen MR) is 78.3 cm³/mol. The van der Waals surface area contributed by atoms with Gasteiger partial charge in [-0.15, -0.1) is 0 Å². The van der Waals surface area contributed by atoms with Gasteiger partial charge in [0.15, 0.2) is 0 Å². The molecular formula is C16H21N3. The molecule has 0 spiro atoms. The molecule has 1 saturated heterocycles. The Morgan fingerprint density at radius 2 is 2.11 bits per heavy atom. The van der Waals surface area contributed by atoms with E-state index in [0.29, 0.717) is 5.92 Å². The Morgan fingerprint density at radius 1 is 1.21 bits per heavy atom. The van der Waals surface area contributed by atoms with Gasteiger partial charge in [-0.25, -0.2) is 4.98 Å². The minimum absolute atomic E-state index is 0.536. The maximum absolute atomic E-state index is 4.57. The number of aromatic amines is 1. The van der Waals surface area contributed by atoms with Crippen LogP contribution in [0.3, 0.4) is 0 Å². The molecule has 19 heavy (non-hydrogen) atoms. The molecule has 1 aliphatic rings. The van der Waals surface area contributed by atoms with E-state index in [1.165, 1.54) is 29.5 Å². The van der Waals surface area contributed by atoms with Crippen LogP contribution in [0, 0.1) is 13.8 Å². The van der Waals surface area contributed by atoms with Crippen LogP contribution in [0.15, 0.2) is 24.4 Å². The number of imidazole rings is 1. The average Bonchev–Trinajstić information content (AvgIpc) is 2.93. The van der Waals surface area contributed by atoms with Crippen molar-refractivity contribution in [3.63, 3.8) is 0 Å². The standard InChI is InChI=1S/C16H21N3/c1-11-5-6-13(8-12(11)2)15-10-18-16(19-15)14-4-3-7-17-9-14/h5-6,8,10,14,17H,3-4,7,9H2,1-2H3,(H,18,19). The van der Waals surface area contributed by atoms with Gasteiger partial charge in [0.1, 0.15) is 5.82 Å². The number of nitrogens with zero attached hydrogens (tertiary/aromatic N) is 1. The Balaban J connectivity index is 1.85. The molecular weight excluding hydrogens is 234 g/mol. The molecule has 0 bridgehead atoms. The zero-order chi connectivity index (χ0) is 13.2. The molecule has 1 unspecified atom stereocenters. The normalized spacial score (nSPS) is 19.6. The van der Waals surface area contributed by atoms with Crippen LogP contribution < -0.4 is 5.32 Å². The summed E-state index contributed by atoms with van der Waals surface area (Å²) in [5, 5.41) is 3.44. The number of H-pyrrole nitrogens is 1. The van der Waals surface area contributed by atoms with Crippen LogP contribution in [-0.2, 0) is 0 Å². The summed E-state index contributed by atoms with van der Waals surface area (Å²) in [4.78, 5) is 8.07. The van der Waals surface area contributed by atoms with Gasteiger partial charge in [-0.3, -0.25) is 0 Å². The third-order valence-electron chi connectivity index (χ3n) is 4.10. The first-order valence-electron chi connectivity index (χ1n) is 7.07. The first-order valence-corrected chi connectivity index (χ1v) is 7.07. The summed E-state index contributed by atoms with van der Waals surface area (Å²) in [6.07, 6.45) is 4.44. The SMILES string of the molecule is Cc1ccc(-c2cnc(C3CCCNC3)[nH]2)cc1C. The molecule has 1 atom stereocenters. The Morgan fingerprint density at radius 3 is 2.84 bits per heavy atom. The van der Waals surface area contributed by atoms with Gasteiger partial charge in [0.2, 0.25) is 0 Å². The van der Waals surface area contributed by atoms with E-state index in [-0.39, 0.29) is 0 Å². The largest absolute Gasteiger partial charge is 0.342 e. The second-order valence-electron chi connectivity index (χ2n) is 5.52. The number of aryl methyl sites for hydroxylation is 2. The van der Waals surface area contributed by atoms with Crippen molar-refractivity contribution in [1.82, 2.24) is 15.3 Å². The van der Waals surface area contributed by atoms with Crippen LogP contribution in [0.2, 0.25) is 0 Å². The van der Waals surface area contributed by atoms with Crippen LogP contribution in [-0.4, -0.2) is 23.1 Å². The van der Waals surface area contributed by atoms with Crippen molar-refractivity contribution in [2.75, 3.05) is 13.1 Å². The number of piperidine rings is 1. The van der Waals surface area contributed by atoms with E-state index in [0.717, 1.165) is 24.6 Å². The van der Waals surface area contributed by atoms with Crippen LogP contribution in [0.25, 0.3) is 11.3 Å². The molecule has 1 fully saturated rings. The molecule has 0 saturated carbocycles. The van der Waals surface area contributed by atoms with Gasteiger partial charge in [-0.1, -0.05) is 12.1 Å². The van der Waals surface area contributed by atoms with Crippen LogP contribution in [0.5, 0.6) is 0 Å². The fourth-order valence-corrected chi connectivity index (χ4v) is 2.68. The van der Waals surface area contributed by atoms with Gasteiger partial charge < -0.3 is 10.3 Å². The maximum atomic E-state index is 4.57. The average molecular weight is 255 g/mol. The number of benzene rings is 1. The maximum Gasteiger partial charge on any atom is 0.110 e. The number of rotatable bonds is 2. The van der Waals surface area contributed by atoms with Crippen molar-refractivity contribution in [2.24, 2.45) is 0 Å². The zero-order valence-electron chi connectivity index (χ0n) is 11.7. The predicted octanol–water partition coefficient (Wildman–Crippen LogP) is 3.16. The molecule has 0 aliphatic carbocycles. The van der Waals surface area contributed by atoms with Gasteiger partial charge >= 0.3 is 0 Å². The lowest BCUT2D eigenvalue weighted by Gasteiger charge is -2.20. The molecule has 0 amide bonds. The molecule has 2 heterocycles. The van der Waals surface area contributed by atoms with Gasteiger partial charge in [0.05, 0.1) is 11.9 Å². The molecule has 3 rings (SSSR count). The summed E-state index contributed by atoms with van der Waals surface area (Å²) >= 11 is 0. The monoisotopic (exact) mass is 255 g/mol. The van der Waals surface area contributed by atoms with Crippen LogP contribution in [0.1, 0.15) is 35.7 Å². The summed E-state index contributed by atoms with van der Waals surface area (Å²) in [6, 6.07) is 6.57. The summed E-state index contributed by atoms with van der Waals surface area (Å²) in [5.74, 6) is 1.66. The molecule has 0 radical (unpaired) electrons. The highest BCUT2D eigenvalue weighted by atomic mass is 15.0. The summed E-state index contributed by atoms with van der Waals surface area (Å²) < 4.78 is 0. The van der Waals surface area contributed by atoms with Gasteiger partial charge in [0.25, 0.3) is 0 Å². The Bertz CT molecular complexity index is 565. The lowest BCUT2D eigenvalue weighted by molar-refractivity contribution is 0.449. The lowest BCUT2D eigenvalue weighted by Crippen LogP contribution is -2.28. The van der Waals surface area contributed by atoms with Crippen molar-refractivity contribution in [3.8, 4) is 11.3 Å². The molecule has 1 aliphatic heterocycles. The van der Waals surface area contributed by atoms with Gasteiger partial charge in [-0.2, -0.15) is 0 Å². The third kappa shape index (κ3) is 2.56. The Hall–Kier alpha value is -1.61. The van der Waals surface area contributed by atoms with E-state index >= 15 is 0 Å². The topological polar surface area (TPSA) is 40.7 Å². The minimum atomic E-state index is 0.536. The van der Waals surface area contributed by atoms with Crippen molar-refractivity contribution in [1.29, 1.82) is 0 Å². The van der Waals surface area contributed by atoms with E-state index in [4.69, 9.17) is 0 Å². The van der Waals surface area contributed by atoms with Crippen molar-refractivity contribution in [3.05, 3.63) is 41.3 Å². The van der Waals surface area contributed by atoms with E-state index < -0.39 is 0 Å². The lowest BCUT2D eigenvalue weighted by atomic mass is 9.99. The van der Waals surface area contributed by atoms with E-state index in [1.807, 2.05) is 6.20 Å². The smallest absolute Gasteiger partial charge is 0.110 e. The molecule has 2 N–H and O–H groups in total. The number of nitrogens with one attached hydrogen (secondary N) is 2. The van der Waals surface area contributed by atoms with Gasteiger partial charge in [0, 0.05) is 12.5 Å². The molecule has 2 aromatic rings. The summed E-state index contributed by atoms with van der Waals surface area (Å²) in [6.45, 7) is 6.48. The third-order valence-corrected chi connectivity index (χ3v) is 4.10. The zero-order valence-corrected chi connectivity index (χ0v) is 11.7. The van der Waals surface area contributed by atoms with Crippen molar-refractivity contribution < 1.29 is 0 Å². The van der Waals surface area contributed by atoms with E-state index in [1.54, 1.807) is 0 Å². The van der Waals surface area contributed by atoms with Gasteiger partial charge in [-0.05, 0) is 56.0 Å². The minimum Gasteiger partial charge on any atom is -0.342 e. The highest BCUT2D eigenvalue weighted by Gasteiger charge is 2.18. The van der Waals surface area contributed by atoms with Crippen LogP contribution in [0.4, 0.5) is 0 Å². The first-order chi connectivity index (χ1) is 9.24. The molecule has 1 aromatic heterocycles. The molecule has 3 nitrogen and oxygen atoms in total. The summed E-state index contributed by atoms with van der Waals surface area (Å²) in [5.41, 5.74) is 5.02. The molecule has 1 aromatic carbocycles. The number of hydrogen-bond donors (Lipinski definition) is 2. The summed E-state index contributed by atoms with van der Waals surface area (Å²) in [7, 11) is 0. The Kier molecular flexibility index (Phi) is 3.38. The fraction of sp³-hybridized carbons (Fsp3) is 0.438. The van der Waals surface area contributed by atoms with Crippen LogP contribution >= 0.6 is 0 Å². The highest BCUT2D eigenvalue weighted by molar-refractivity contribution is 5.60. The van der Waals surface area contributed by atoms with E-state index in [9.17, 15) is 0 Å². The van der Waals surface area contributed by atoms with Crippen molar-refractivity contribution in [2.45, 2.75) is 32.6 Å². The first kappa shape index (κ1) is 12.4. The van der Waals surface area contributed by atoms with E-state index in [2.05, 4.69) is 47.3 Å². The second kappa shape index (κ2) is 5.17. The van der Waals surface area contributed by atoms with Crippen molar-refractivity contribution >= 4 is 0 Å². The molecule has 100 valence electrons.